The summed E-state index contributed by atoms with van der Waals surface area (Å²) in [6.45, 7) is 5.97. The number of hydrogen-bond donors (Lipinski definition) is 3. The molecule has 0 aliphatic rings. The molecule has 3 rings (SSSR count). The molecule has 1 amide bonds. The molecule has 1 heterocycles. The van der Waals surface area contributed by atoms with Crippen LogP contribution in [0.5, 0.6) is 0 Å². The predicted molar refractivity (Wildman–Crippen MR) is 125 cm³/mol. The largest absolute Gasteiger partial charge is 0.321 e. The van der Waals surface area contributed by atoms with Crippen LogP contribution >= 0.6 is 0 Å². The van der Waals surface area contributed by atoms with Crippen LogP contribution in [-0.4, -0.2) is 22.7 Å². The molecule has 0 aliphatic carbocycles. The second kappa shape index (κ2) is 12.1. The number of nitrogens with one attached hydrogen (secondary N) is 2. The van der Waals surface area contributed by atoms with E-state index in [0.717, 1.165) is 23.0 Å². The summed E-state index contributed by atoms with van der Waals surface area (Å²) in [4.78, 5) is 12.2. The molecule has 0 atom stereocenters. The maximum Gasteiger partial charge on any atom is 0.290 e. The van der Waals surface area contributed by atoms with Crippen molar-refractivity contribution in [1.29, 1.82) is 0 Å². The van der Waals surface area contributed by atoms with Gasteiger partial charge in [-0.15, -0.1) is 10.2 Å². The Morgan fingerprint density at radius 2 is 1.37 bits per heavy atom. The first-order chi connectivity index (χ1) is 17.3. The zero-order valence-corrected chi connectivity index (χ0v) is 22.8. The average molecular weight is 589 g/mol. The number of aromatic nitrogens is 1. The highest BCUT2D eigenvalue weighted by Gasteiger charge is 2.18. The zero-order chi connectivity index (χ0) is 28.9. The van der Waals surface area contributed by atoms with Crippen molar-refractivity contribution in [2.45, 2.75) is 37.1 Å². The summed E-state index contributed by atoms with van der Waals surface area (Å²) >= 11 is 0. The van der Waals surface area contributed by atoms with Crippen LogP contribution in [0.2, 0.25) is 0 Å². The third-order valence-corrected chi connectivity index (χ3v) is 7.20. The fourth-order valence-corrected chi connectivity index (χ4v) is 5.01. The van der Waals surface area contributed by atoms with Crippen molar-refractivity contribution in [3.63, 3.8) is 0 Å². The van der Waals surface area contributed by atoms with E-state index in [2.05, 4.69) is 10.0 Å². The van der Waals surface area contributed by atoms with Gasteiger partial charge in [0.1, 0.15) is 0 Å². The molecule has 16 heteroatoms. The number of rotatable bonds is 7. The maximum absolute atomic E-state index is 12.7. The second-order valence-corrected chi connectivity index (χ2v) is 12.0. The molecular formula is C22H25ClN4O9S2. The number of halogens is 1. The monoisotopic (exact) mass is 588 g/mol. The lowest BCUT2D eigenvalue weighted by molar-refractivity contribution is -2.00. The number of benzene rings is 2. The normalized spacial score (nSPS) is 11.8. The molecule has 38 heavy (non-hydrogen) atoms. The molecule has 0 unspecified atom stereocenters. The molecule has 0 aliphatic heterocycles. The van der Waals surface area contributed by atoms with Gasteiger partial charge in [0.15, 0.2) is 11.4 Å². The minimum absolute atomic E-state index is 0.0545. The zero-order valence-electron chi connectivity index (χ0n) is 20.4. The lowest BCUT2D eigenvalue weighted by atomic mass is 10.2. The molecule has 0 fully saturated rings. The number of anilines is 2. The number of amides is 1. The summed E-state index contributed by atoms with van der Waals surface area (Å²) in [7, 11) is -12.9. The molecule has 0 saturated carbocycles. The molecule has 13 nitrogen and oxygen atoms in total. The van der Waals surface area contributed by atoms with Crippen molar-refractivity contribution in [1.82, 2.24) is 0 Å². The van der Waals surface area contributed by atoms with Crippen LogP contribution < -0.4 is 38.4 Å². The van der Waals surface area contributed by atoms with Gasteiger partial charge in [0.05, 0.1) is 15.5 Å². The third-order valence-electron chi connectivity index (χ3n) is 4.89. The second-order valence-electron chi connectivity index (χ2n) is 8.03. The Balaban J connectivity index is 0.000000926. The van der Waals surface area contributed by atoms with Gasteiger partial charge in [0, 0.05) is 31.7 Å². The smallest absolute Gasteiger partial charge is 0.290 e. The first-order valence-corrected chi connectivity index (χ1v) is 14.8. The fraction of sp³-hybridized carbons (Fsp3) is 0.182. The predicted octanol–water partition coefficient (Wildman–Crippen LogP) is -2.77. The van der Waals surface area contributed by atoms with Crippen LogP contribution in [0, 0.1) is 31.0 Å². The Labute approximate surface area is 222 Å². The number of carbonyl (C=O) groups is 1. The Morgan fingerprint density at radius 3 is 1.87 bits per heavy atom. The Bertz CT molecular complexity index is 1490. The Hall–Kier alpha value is -3.15. The Kier molecular flexibility index (Phi) is 9.93. The van der Waals surface area contributed by atoms with Crippen molar-refractivity contribution in [2.24, 2.45) is 5.14 Å². The van der Waals surface area contributed by atoms with Gasteiger partial charge in [0.25, 0.3) is 15.9 Å². The highest BCUT2D eigenvalue weighted by molar-refractivity contribution is 7.92. The van der Waals surface area contributed by atoms with Gasteiger partial charge >= 0.3 is 0 Å². The van der Waals surface area contributed by atoms with E-state index in [9.17, 15) is 21.6 Å². The standard InChI is InChI=1S/C22H24N4O5S2.ClHO4/c1-15-11-16(2)26(17(3)12-15)14-22(27)24-18-7-9-20(10-8-18)33(30,31)25-19-5-4-6-21(13-19)32(23,28)29;2-1(3,4)5/h4-13,25H,14H2,1-3H3,(H2-,23,24,27,28,29);(H,2,3,4,5). The van der Waals surface area contributed by atoms with E-state index in [1.54, 1.807) is 0 Å². The first-order valence-electron chi connectivity index (χ1n) is 10.5. The topological polar surface area (TPSA) is 232 Å². The number of nitrogens with zero attached hydrogens (tertiary/aromatic N) is 1. The van der Waals surface area contributed by atoms with Crippen molar-refractivity contribution in [3.05, 3.63) is 77.6 Å². The average Bonchev–Trinajstić information content (AvgIpc) is 2.75. The van der Waals surface area contributed by atoms with Gasteiger partial charge < -0.3 is 5.32 Å². The highest BCUT2D eigenvalue weighted by atomic mass is 35.7. The van der Waals surface area contributed by atoms with Gasteiger partial charge in [-0.2, -0.15) is 4.57 Å². The summed E-state index contributed by atoms with van der Waals surface area (Å²) < 4.78 is 86.5. The van der Waals surface area contributed by atoms with Gasteiger partial charge in [-0.05, 0) is 55.0 Å². The minimum Gasteiger partial charge on any atom is -0.321 e. The lowest BCUT2D eigenvalue weighted by Crippen LogP contribution is -2.68. The van der Waals surface area contributed by atoms with Crippen molar-refractivity contribution >= 4 is 37.3 Å². The maximum atomic E-state index is 12.7. The van der Waals surface area contributed by atoms with Crippen LogP contribution in [0.4, 0.5) is 11.4 Å². The molecule has 206 valence electrons. The molecule has 0 radical (unpaired) electrons. The van der Waals surface area contributed by atoms with Crippen molar-refractivity contribution in [3.8, 4) is 0 Å². The summed E-state index contributed by atoms with van der Waals surface area (Å²) in [5.74, 6) is -0.247. The van der Waals surface area contributed by atoms with Crippen molar-refractivity contribution < 1.29 is 55.1 Å². The molecular weight excluding hydrogens is 564 g/mol. The lowest BCUT2D eigenvalue weighted by Gasteiger charge is -2.17. The summed E-state index contributed by atoms with van der Waals surface area (Å²) in [5.41, 5.74) is 3.53. The number of sulfonamides is 2. The quantitative estimate of drug-likeness (QED) is 0.242. The van der Waals surface area contributed by atoms with E-state index < -0.39 is 30.3 Å². The van der Waals surface area contributed by atoms with Crippen LogP contribution in [0.25, 0.3) is 0 Å². The molecule has 2 aromatic carbocycles. The van der Waals surface area contributed by atoms with Gasteiger partial charge in [-0.3, -0.25) is 9.52 Å². The van der Waals surface area contributed by atoms with E-state index >= 15 is 0 Å². The first kappa shape index (κ1) is 31.1. The van der Waals surface area contributed by atoms with Crippen LogP contribution in [0.1, 0.15) is 17.0 Å². The molecule has 0 saturated heterocycles. The van der Waals surface area contributed by atoms with Crippen molar-refractivity contribution in [2.75, 3.05) is 10.0 Å². The summed E-state index contributed by atoms with van der Waals surface area (Å²) in [5, 5.41) is 7.84. The fourth-order valence-electron chi connectivity index (χ4n) is 3.40. The number of aryl methyl sites for hydroxylation is 3. The van der Waals surface area contributed by atoms with E-state index in [0.29, 0.717) is 5.69 Å². The number of carbonyl (C=O) groups excluding carboxylic acids is 1. The summed E-state index contributed by atoms with van der Waals surface area (Å²) in [6.07, 6.45) is 0. The van der Waals surface area contributed by atoms with Crippen LogP contribution in [-0.2, 0) is 31.4 Å². The number of pyridine rings is 1. The third kappa shape index (κ3) is 9.96. The molecule has 0 bridgehead atoms. The van der Waals surface area contributed by atoms with E-state index in [4.69, 9.17) is 23.8 Å². The SMILES string of the molecule is Cc1cc(C)[n+](CC(=O)Nc2ccc(S(=O)(=O)Nc3cccc(S(N)(=O)=O)c3)cc2)c(C)c1.[O-][Cl+3]([O-])([O-])[O-]. The molecule has 3 aromatic rings. The molecule has 0 spiro atoms. The van der Waals surface area contributed by atoms with Crippen LogP contribution in [0.15, 0.2) is 70.5 Å². The number of hydrogen-bond acceptors (Lipinski definition) is 9. The van der Waals surface area contributed by atoms with Crippen LogP contribution in [0.3, 0.4) is 0 Å². The number of nitrogens with two attached hydrogens (primary N) is 1. The molecule has 4 N–H and O–H groups in total. The summed E-state index contributed by atoms with van der Waals surface area (Å²) in [6, 6.07) is 14.8. The van der Waals surface area contributed by atoms with E-state index in [1.165, 1.54) is 42.5 Å². The highest BCUT2D eigenvalue weighted by Crippen LogP contribution is 2.20. The number of primary sulfonamides is 1. The Morgan fingerprint density at radius 1 is 0.842 bits per heavy atom. The molecule has 1 aromatic heterocycles. The van der Waals surface area contributed by atoms with Gasteiger partial charge in [-0.25, -0.2) is 40.6 Å². The van der Waals surface area contributed by atoms with E-state index in [1.807, 2.05) is 37.5 Å². The van der Waals surface area contributed by atoms with Gasteiger partial charge in [0.2, 0.25) is 16.6 Å². The van der Waals surface area contributed by atoms with Gasteiger partial charge in [-0.1, -0.05) is 6.07 Å². The minimum atomic E-state index is -4.94. The van der Waals surface area contributed by atoms with E-state index in [-0.39, 0.29) is 27.9 Å².